The number of rotatable bonds is 3. The fourth-order valence-corrected chi connectivity index (χ4v) is 0.643. The number of aliphatic hydroxyl groups is 1. The Bertz CT molecular complexity index is 221. The Morgan fingerprint density at radius 2 is 1.93 bits per heavy atom. The van der Waals surface area contributed by atoms with E-state index in [1.807, 2.05) is 0 Å². The lowest BCUT2D eigenvalue weighted by molar-refractivity contribution is -0.114. The predicted octanol–water partition coefficient (Wildman–Crippen LogP) is 0.461. The van der Waals surface area contributed by atoms with Crippen LogP contribution >= 0.6 is 0 Å². The van der Waals surface area contributed by atoms with Crippen LogP contribution in [0.3, 0.4) is 0 Å². The lowest BCUT2D eigenvalue weighted by Gasteiger charge is -2.25. The van der Waals surface area contributed by atoms with Crippen molar-refractivity contribution in [2.45, 2.75) is 38.8 Å². The van der Waals surface area contributed by atoms with Gasteiger partial charge in [0.25, 0.3) is 0 Å². The van der Waals surface area contributed by atoms with Gasteiger partial charge in [-0.05, 0) is 27.7 Å². The molecule has 1 atom stereocenters. The minimum atomic E-state index is -1.28. The Morgan fingerprint density at radius 1 is 1.43 bits per heavy atom. The third kappa shape index (κ3) is 4.81. The van der Waals surface area contributed by atoms with Crippen molar-refractivity contribution in [3.63, 3.8) is 0 Å². The number of carbonyl (C=O) groups is 2. The summed E-state index contributed by atoms with van der Waals surface area (Å²) in [5, 5.41) is 11.1. The van der Waals surface area contributed by atoms with Crippen LogP contribution < -0.4 is 5.32 Å². The van der Waals surface area contributed by atoms with Crippen molar-refractivity contribution < 1.29 is 19.4 Å². The average molecular weight is 203 g/mol. The molecule has 0 unspecified atom stereocenters. The molecule has 0 aromatic heterocycles. The van der Waals surface area contributed by atoms with Crippen LogP contribution in [-0.2, 0) is 9.53 Å². The van der Waals surface area contributed by atoms with E-state index in [9.17, 15) is 9.59 Å². The second-order valence-corrected chi connectivity index (χ2v) is 4.32. The molecule has 0 aromatic rings. The van der Waals surface area contributed by atoms with Crippen LogP contribution in [-0.4, -0.2) is 35.2 Å². The first-order chi connectivity index (χ1) is 6.22. The van der Waals surface area contributed by atoms with Crippen LogP contribution in [0.2, 0.25) is 0 Å². The summed E-state index contributed by atoms with van der Waals surface area (Å²) >= 11 is 0. The van der Waals surface area contributed by atoms with Gasteiger partial charge in [-0.15, -0.1) is 0 Å². The summed E-state index contributed by atoms with van der Waals surface area (Å²) in [6, 6.07) is 0. The Morgan fingerprint density at radius 3 is 2.21 bits per heavy atom. The molecule has 0 bridgehead atoms. The summed E-state index contributed by atoms with van der Waals surface area (Å²) < 4.78 is 4.92. The monoisotopic (exact) mass is 203 g/mol. The normalized spacial score (nSPS) is 15.5. The molecule has 14 heavy (non-hydrogen) atoms. The number of amides is 1. The summed E-state index contributed by atoms with van der Waals surface area (Å²) in [7, 11) is 0. The Hall–Kier alpha value is -1.10. The van der Waals surface area contributed by atoms with Gasteiger partial charge in [0.2, 0.25) is 0 Å². The molecule has 0 fully saturated rings. The molecule has 0 aliphatic heterocycles. The maximum absolute atomic E-state index is 11.2. The molecule has 5 nitrogen and oxygen atoms in total. The number of aldehydes is 1. The van der Waals surface area contributed by atoms with Crippen molar-refractivity contribution in [3.05, 3.63) is 0 Å². The van der Waals surface area contributed by atoms with Crippen molar-refractivity contribution >= 4 is 12.4 Å². The molecule has 82 valence electrons. The van der Waals surface area contributed by atoms with Crippen LogP contribution in [0.15, 0.2) is 0 Å². The van der Waals surface area contributed by atoms with Crippen LogP contribution in [0.1, 0.15) is 27.7 Å². The first-order valence-electron chi connectivity index (χ1n) is 4.31. The van der Waals surface area contributed by atoms with Gasteiger partial charge in [0.05, 0.1) is 6.61 Å². The van der Waals surface area contributed by atoms with Gasteiger partial charge in [0.15, 0.2) is 0 Å². The predicted molar refractivity (Wildman–Crippen MR) is 50.9 cm³/mol. The lowest BCUT2D eigenvalue weighted by Crippen LogP contribution is -2.51. The highest BCUT2D eigenvalue weighted by atomic mass is 16.6. The first-order valence-corrected chi connectivity index (χ1v) is 4.31. The van der Waals surface area contributed by atoms with Crippen LogP contribution in [0, 0.1) is 0 Å². The van der Waals surface area contributed by atoms with Crippen LogP contribution in [0.5, 0.6) is 0 Å². The third-order valence-corrected chi connectivity index (χ3v) is 1.38. The fourth-order valence-electron chi connectivity index (χ4n) is 0.643. The smallest absolute Gasteiger partial charge is 0.408 e. The lowest BCUT2D eigenvalue weighted by atomic mass is 10.1. The van der Waals surface area contributed by atoms with Crippen molar-refractivity contribution in [2.24, 2.45) is 0 Å². The highest BCUT2D eigenvalue weighted by molar-refractivity contribution is 5.76. The second kappa shape index (κ2) is 4.41. The van der Waals surface area contributed by atoms with Crippen molar-refractivity contribution in [1.82, 2.24) is 5.32 Å². The van der Waals surface area contributed by atoms with Crippen LogP contribution in [0.25, 0.3) is 0 Å². The quantitative estimate of drug-likeness (QED) is 0.653. The Balaban J connectivity index is 4.25. The third-order valence-electron chi connectivity index (χ3n) is 1.38. The molecule has 0 rings (SSSR count). The number of hydrogen-bond donors (Lipinski definition) is 2. The average Bonchev–Trinajstić information content (AvgIpc) is 2.00. The molecule has 1 amide bonds. The Kier molecular flexibility index (Phi) is 4.07. The topological polar surface area (TPSA) is 75.6 Å². The second-order valence-electron chi connectivity index (χ2n) is 4.32. The van der Waals surface area contributed by atoms with E-state index in [0.717, 1.165) is 0 Å². The number of carbonyl (C=O) groups excluding carboxylic acids is 2. The van der Waals surface area contributed by atoms with E-state index in [-0.39, 0.29) is 0 Å². The maximum atomic E-state index is 11.2. The molecule has 0 aromatic carbocycles. The summed E-state index contributed by atoms with van der Waals surface area (Å²) in [6.45, 7) is 6.08. The van der Waals surface area contributed by atoms with Gasteiger partial charge in [-0.1, -0.05) is 0 Å². The van der Waals surface area contributed by atoms with Gasteiger partial charge >= 0.3 is 6.09 Å². The Labute approximate surface area is 83.4 Å². The highest BCUT2D eigenvalue weighted by Crippen LogP contribution is 2.08. The molecule has 0 saturated carbocycles. The largest absolute Gasteiger partial charge is 0.444 e. The zero-order valence-corrected chi connectivity index (χ0v) is 8.96. The zero-order valence-electron chi connectivity index (χ0n) is 8.96. The molecular formula is C9H17NO4. The fraction of sp³-hybridized carbons (Fsp3) is 0.778. The maximum Gasteiger partial charge on any atom is 0.408 e. The van der Waals surface area contributed by atoms with Gasteiger partial charge in [0, 0.05) is 0 Å². The summed E-state index contributed by atoms with van der Waals surface area (Å²) in [5.41, 5.74) is -1.90. The highest BCUT2D eigenvalue weighted by Gasteiger charge is 2.27. The SMILES string of the molecule is CC(C)(C)OC(=O)N[C@@](C)(C=O)CO. The molecule has 0 aliphatic carbocycles. The standard InChI is InChI=1S/C9H17NO4/c1-8(2,3)14-7(13)10-9(4,5-11)6-12/h5,12H,6H2,1-4H3,(H,10,13)/t9-/m0/s1. The molecule has 0 spiro atoms. The number of hydrogen-bond acceptors (Lipinski definition) is 4. The van der Waals surface area contributed by atoms with E-state index in [4.69, 9.17) is 9.84 Å². The van der Waals surface area contributed by atoms with Gasteiger partial charge < -0.3 is 20.0 Å². The van der Waals surface area contributed by atoms with Gasteiger partial charge in [-0.2, -0.15) is 0 Å². The minimum Gasteiger partial charge on any atom is -0.444 e. The zero-order chi connectivity index (χ0) is 11.4. The first kappa shape index (κ1) is 12.9. The summed E-state index contributed by atoms with van der Waals surface area (Å²) in [5.74, 6) is 0. The van der Waals surface area contributed by atoms with E-state index in [1.54, 1.807) is 20.8 Å². The van der Waals surface area contributed by atoms with Crippen LogP contribution in [0.4, 0.5) is 4.79 Å². The van der Waals surface area contributed by atoms with E-state index < -0.39 is 23.8 Å². The molecule has 5 heteroatoms. The van der Waals surface area contributed by atoms with Crippen molar-refractivity contribution in [1.29, 1.82) is 0 Å². The molecule has 0 heterocycles. The minimum absolute atomic E-state index is 0.463. The molecular weight excluding hydrogens is 186 g/mol. The van der Waals surface area contributed by atoms with E-state index in [1.165, 1.54) is 6.92 Å². The molecule has 2 N–H and O–H groups in total. The number of ether oxygens (including phenoxy) is 1. The molecule has 0 saturated heterocycles. The van der Waals surface area contributed by atoms with E-state index in [0.29, 0.717) is 6.29 Å². The number of alkyl carbamates (subject to hydrolysis) is 1. The van der Waals surface area contributed by atoms with E-state index >= 15 is 0 Å². The number of aliphatic hydroxyl groups excluding tert-OH is 1. The number of nitrogens with one attached hydrogen (secondary N) is 1. The molecule has 0 aliphatic rings. The van der Waals surface area contributed by atoms with Gasteiger partial charge in [-0.3, -0.25) is 0 Å². The molecule has 0 radical (unpaired) electrons. The van der Waals surface area contributed by atoms with E-state index in [2.05, 4.69) is 5.32 Å². The van der Waals surface area contributed by atoms with Gasteiger partial charge in [-0.25, -0.2) is 4.79 Å². The van der Waals surface area contributed by atoms with Gasteiger partial charge in [0.1, 0.15) is 17.4 Å². The van der Waals surface area contributed by atoms with Crippen molar-refractivity contribution in [2.75, 3.05) is 6.61 Å². The summed E-state index contributed by atoms with van der Waals surface area (Å²) in [4.78, 5) is 21.7. The van der Waals surface area contributed by atoms with Crippen molar-refractivity contribution in [3.8, 4) is 0 Å². The summed E-state index contributed by atoms with van der Waals surface area (Å²) in [6.07, 6.45) is -0.252.